The van der Waals surface area contributed by atoms with Gasteiger partial charge < -0.3 is 14.8 Å². The molecule has 1 aromatic heterocycles. The maximum absolute atomic E-state index is 9.05. The topological polar surface area (TPSA) is 45.4 Å². The number of nitrogens with zero attached hydrogens (tertiary/aromatic N) is 1. The fraction of sp³-hybridized carbons (Fsp3) is 0.385. The molecule has 0 aliphatic heterocycles. The van der Waals surface area contributed by atoms with E-state index in [1.807, 2.05) is 37.4 Å². The summed E-state index contributed by atoms with van der Waals surface area (Å²) in [6.07, 6.45) is 2.03. The Balaban J connectivity index is 2.34. The van der Waals surface area contributed by atoms with Gasteiger partial charge in [0.2, 0.25) is 0 Å². The molecule has 1 heterocycles. The van der Waals surface area contributed by atoms with Crippen LogP contribution in [0.2, 0.25) is 0 Å². The molecule has 0 aliphatic rings. The van der Waals surface area contributed by atoms with Gasteiger partial charge in [0, 0.05) is 24.9 Å². The summed E-state index contributed by atoms with van der Waals surface area (Å²) in [5.41, 5.74) is 2.08. The third-order valence-electron chi connectivity index (χ3n) is 2.84. The van der Waals surface area contributed by atoms with E-state index in [-0.39, 0.29) is 19.1 Å². The molecule has 2 rings (SSSR count). The van der Waals surface area contributed by atoms with E-state index in [9.17, 15) is 0 Å². The summed E-state index contributed by atoms with van der Waals surface area (Å²) in [6, 6.07) is 7.99. The van der Waals surface area contributed by atoms with Crippen molar-refractivity contribution in [2.75, 3.05) is 6.61 Å². The minimum absolute atomic E-state index is 0.0775. The number of hydrogen-bond acceptors (Lipinski definition) is 2. The predicted octanol–water partition coefficient (Wildman–Crippen LogP) is 1.76. The second kappa shape index (κ2) is 4.68. The second-order valence-electron chi connectivity index (χ2n) is 4.31. The quantitative estimate of drug-likeness (QED) is 0.823. The van der Waals surface area contributed by atoms with Gasteiger partial charge in [0.15, 0.2) is 0 Å². The Hall–Kier alpha value is -1.32. The van der Waals surface area contributed by atoms with Gasteiger partial charge in [-0.1, -0.05) is 13.0 Å². The largest absolute Gasteiger partial charge is 0.396 e. The number of hydrogen-bond donors (Lipinski definition) is 2. The third kappa shape index (κ3) is 2.10. The highest BCUT2D eigenvalue weighted by atomic mass is 16.3. The average Bonchev–Trinajstić information content (AvgIpc) is 2.71. The van der Waals surface area contributed by atoms with Crippen molar-refractivity contribution < 1.29 is 10.2 Å². The van der Waals surface area contributed by atoms with E-state index in [0.717, 1.165) is 23.0 Å². The molecular formula is C13H17NO2. The molecule has 2 N–H and O–H groups in total. The summed E-state index contributed by atoms with van der Waals surface area (Å²) in [4.78, 5) is 0. The first kappa shape index (κ1) is 11.2. The van der Waals surface area contributed by atoms with Crippen LogP contribution in [0.15, 0.2) is 30.5 Å². The first-order valence-electron chi connectivity index (χ1n) is 5.54. The molecule has 0 bridgehead atoms. The average molecular weight is 219 g/mol. The molecule has 0 amide bonds. The zero-order valence-corrected chi connectivity index (χ0v) is 9.43. The van der Waals surface area contributed by atoms with Crippen molar-refractivity contribution in [3.63, 3.8) is 0 Å². The van der Waals surface area contributed by atoms with Gasteiger partial charge in [-0.05, 0) is 35.1 Å². The van der Waals surface area contributed by atoms with E-state index in [1.54, 1.807) is 0 Å². The molecule has 3 nitrogen and oxygen atoms in total. The third-order valence-corrected chi connectivity index (χ3v) is 2.84. The van der Waals surface area contributed by atoms with E-state index >= 15 is 0 Å². The SMILES string of the molecule is CC(CO)Cn1ccc2cc(CO)ccc21. The van der Waals surface area contributed by atoms with Crippen molar-refractivity contribution in [3.05, 3.63) is 36.0 Å². The monoisotopic (exact) mass is 219 g/mol. The van der Waals surface area contributed by atoms with E-state index in [4.69, 9.17) is 10.2 Å². The fourth-order valence-electron chi connectivity index (χ4n) is 1.90. The van der Waals surface area contributed by atoms with Crippen LogP contribution >= 0.6 is 0 Å². The molecule has 86 valence electrons. The van der Waals surface area contributed by atoms with Gasteiger partial charge in [0.1, 0.15) is 0 Å². The lowest BCUT2D eigenvalue weighted by Crippen LogP contribution is -2.10. The number of benzene rings is 1. The Labute approximate surface area is 94.9 Å². The minimum Gasteiger partial charge on any atom is -0.396 e. The van der Waals surface area contributed by atoms with Crippen molar-refractivity contribution in [3.8, 4) is 0 Å². The molecular weight excluding hydrogens is 202 g/mol. The first-order valence-corrected chi connectivity index (χ1v) is 5.54. The lowest BCUT2D eigenvalue weighted by molar-refractivity contribution is 0.224. The molecule has 0 radical (unpaired) electrons. The number of aliphatic hydroxyl groups is 2. The Morgan fingerprint density at radius 1 is 1.25 bits per heavy atom. The van der Waals surface area contributed by atoms with Crippen LogP contribution in [0.25, 0.3) is 10.9 Å². The van der Waals surface area contributed by atoms with Crippen molar-refractivity contribution in [1.82, 2.24) is 4.57 Å². The van der Waals surface area contributed by atoms with Crippen LogP contribution in [-0.4, -0.2) is 21.4 Å². The maximum Gasteiger partial charge on any atom is 0.0682 e. The molecule has 0 fully saturated rings. The molecule has 1 aromatic carbocycles. The lowest BCUT2D eigenvalue weighted by atomic mass is 10.1. The molecule has 1 atom stereocenters. The fourth-order valence-corrected chi connectivity index (χ4v) is 1.90. The Bertz CT molecular complexity index is 476. The zero-order chi connectivity index (χ0) is 11.5. The van der Waals surface area contributed by atoms with E-state index in [1.165, 1.54) is 0 Å². The Morgan fingerprint density at radius 3 is 2.75 bits per heavy atom. The number of aliphatic hydroxyl groups excluding tert-OH is 2. The summed E-state index contributed by atoms with van der Waals surface area (Å²) in [5, 5.41) is 19.2. The highest BCUT2D eigenvalue weighted by Crippen LogP contribution is 2.18. The minimum atomic E-state index is 0.0775. The van der Waals surface area contributed by atoms with E-state index < -0.39 is 0 Å². The highest BCUT2D eigenvalue weighted by molar-refractivity contribution is 5.80. The lowest BCUT2D eigenvalue weighted by Gasteiger charge is -2.10. The van der Waals surface area contributed by atoms with Crippen LogP contribution in [0.4, 0.5) is 0 Å². The molecule has 0 spiro atoms. The van der Waals surface area contributed by atoms with Gasteiger partial charge >= 0.3 is 0 Å². The zero-order valence-electron chi connectivity index (χ0n) is 9.43. The smallest absolute Gasteiger partial charge is 0.0682 e. The summed E-state index contributed by atoms with van der Waals surface area (Å²) in [6.45, 7) is 3.12. The Kier molecular flexibility index (Phi) is 3.27. The van der Waals surface area contributed by atoms with Crippen molar-refractivity contribution in [1.29, 1.82) is 0 Å². The van der Waals surface area contributed by atoms with Gasteiger partial charge in [0.25, 0.3) is 0 Å². The van der Waals surface area contributed by atoms with Crippen LogP contribution in [0.5, 0.6) is 0 Å². The Morgan fingerprint density at radius 2 is 2.06 bits per heavy atom. The molecule has 16 heavy (non-hydrogen) atoms. The molecule has 0 aliphatic carbocycles. The summed E-state index contributed by atoms with van der Waals surface area (Å²) >= 11 is 0. The molecule has 3 heteroatoms. The maximum atomic E-state index is 9.05. The first-order chi connectivity index (χ1) is 7.74. The molecule has 1 unspecified atom stereocenters. The van der Waals surface area contributed by atoms with Gasteiger partial charge in [-0.25, -0.2) is 0 Å². The van der Waals surface area contributed by atoms with Gasteiger partial charge in [-0.2, -0.15) is 0 Å². The van der Waals surface area contributed by atoms with Crippen molar-refractivity contribution >= 4 is 10.9 Å². The van der Waals surface area contributed by atoms with Gasteiger partial charge in [0.05, 0.1) is 6.61 Å². The molecule has 0 saturated carbocycles. The number of rotatable bonds is 4. The number of aromatic nitrogens is 1. The molecule has 0 saturated heterocycles. The summed E-state index contributed by atoms with van der Waals surface area (Å²) in [7, 11) is 0. The van der Waals surface area contributed by atoms with Gasteiger partial charge in [-0.3, -0.25) is 0 Å². The van der Waals surface area contributed by atoms with Crippen LogP contribution in [0.1, 0.15) is 12.5 Å². The van der Waals surface area contributed by atoms with Gasteiger partial charge in [-0.15, -0.1) is 0 Å². The standard InChI is InChI=1S/C13H17NO2/c1-10(8-15)7-14-5-4-12-6-11(9-16)2-3-13(12)14/h2-6,10,15-16H,7-9H2,1H3. The van der Waals surface area contributed by atoms with E-state index in [2.05, 4.69) is 4.57 Å². The molecule has 2 aromatic rings. The van der Waals surface area contributed by atoms with Crippen LogP contribution in [-0.2, 0) is 13.2 Å². The normalized spacial score (nSPS) is 13.2. The summed E-state index contributed by atoms with van der Waals surface area (Å²) < 4.78 is 2.14. The highest BCUT2D eigenvalue weighted by Gasteiger charge is 2.05. The summed E-state index contributed by atoms with van der Waals surface area (Å²) in [5.74, 6) is 0.258. The van der Waals surface area contributed by atoms with E-state index in [0.29, 0.717) is 0 Å². The predicted molar refractivity (Wildman–Crippen MR) is 64.1 cm³/mol. The van der Waals surface area contributed by atoms with Crippen molar-refractivity contribution in [2.45, 2.75) is 20.1 Å². The van der Waals surface area contributed by atoms with Crippen molar-refractivity contribution in [2.24, 2.45) is 5.92 Å². The van der Waals surface area contributed by atoms with Crippen LogP contribution < -0.4 is 0 Å². The second-order valence-corrected chi connectivity index (χ2v) is 4.31. The van der Waals surface area contributed by atoms with Crippen LogP contribution in [0.3, 0.4) is 0 Å². The number of fused-ring (bicyclic) bond motifs is 1. The van der Waals surface area contributed by atoms with Crippen LogP contribution in [0, 0.1) is 5.92 Å².